The van der Waals surface area contributed by atoms with E-state index < -0.39 is 0 Å². The Morgan fingerprint density at radius 1 is 0.963 bits per heavy atom. The summed E-state index contributed by atoms with van der Waals surface area (Å²) in [5.41, 5.74) is 4.85. The molecule has 1 aromatic heterocycles. The summed E-state index contributed by atoms with van der Waals surface area (Å²) in [6, 6.07) is 19.1. The second kappa shape index (κ2) is 7.89. The average molecular weight is 362 g/mol. The summed E-state index contributed by atoms with van der Waals surface area (Å²) < 4.78 is 13.7. The van der Waals surface area contributed by atoms with Gasteiger partial charge in [0.2, 0.25) is 0 Å². The maximum Gasteiger partial charge on any atom is 0.158 e. The maximum atomic E-state index is 6.06. The molecule has 0 aliphatic carbocycles. The van der Waals surface area contributed by atoms with Crippen LogP contribution in [-0.4, -0.2) is 24.3 Å². The Kier molecular flexibility index (Phi) is 5.16. The fourth-order valence-electron chi connectivity index (χ4n) is 3.53. The Labute approximate surface area is 161 Å². The highest BCUT2D eigenvalue weighted by Crippen LogP contribution is 2.33. The first-order valence-electron chi connectivity index (χ1n) is 9.67. The van der Waals surface area contributed by atoms with Gasteiger partial charge in [0.1, 0.15) is 5.75 Å². The molecule has 0 spiro atoms. The van der Waals surface area contributed by atoms with Crippen molar-refractivity contribution in [3.05, 3.63) is 78.1 Å². The van der Waals surface area contributed by atoms with Crippen LogP contribution in [0.1, 0.15) is 31.2 Å². The summed E-state index contributed by atoms with van der Waals surface area (Å²) >= 11 is 0. The summed E-state index contributed by atoms with van der Waals surface area (Å²) in [5.74, 6) is 0.898. The molecule has 1 atom stereocenters. The van der Waals surface area contributed by atoms with Crippen LogP contribution in [0.2, 0.25) is 0 Å². The van der Waals surface area contributed by atoms with Crippen LogP contribution in [0, 0.1) is 0 Å². The highest BCUT2D eigenvalue weighted by Gasteiger charge is 2.27. The largest absolute Gasteiger partial charge is 0.494 e. The predicted molar refractivity (Wildman–Crippen MR) is 109 cm³/mol. The van der Waals surface area contributed by atoms with E-state index in [1.807, 2.05) is 19.1 Å². The van der Waals surface area contributed by atoms with Crippen molar-refractivity contribution in [2.75, 3.05) is 24.7 Å². The Hall–Kier alpha value is -2.72. The van der Waals surface area contributed by atoms with Crippen LogP contribution in [0.25, 0.3) is 5.69 Å². The van der Waals surface area contributed by atoms with Gasteiger partial charge in [-0.3, -0.25) is 0 Å². The van der Waals surface area contributed by atoms with Crippen molar-refractivity contribution < 1.29 is 9.47 Å². The van der Waals surface area contributed by atoms with E-state index in [1.165, 1.54) is 16.8 Å². The summed E-state index contributed by atoms with van der Waals surface area (Å²) in [6.45, 7) is 6.51. The summed E-state index contributed by atoms with van der Waals surface area (Å²) in [6.07, 6.45) is 5.26. The molecule has 2 aromatic carbocycles. The molecule has 4 heteroatoms. The van der Waals surface area contributed by atoms with E-state index >= 15 is 0 Å². The van der Waals surface area contributed by atoms with Gasteiger partial charge in [-0.05, 0) is 61.4 Å². The number of aromatic nitrogens is 1. The topological polar surface area (TPSA) is 26.6 Å². The van der Waals surface area contributed by atoms with Gasteiger partial charge < -0.3 is 18.9 Å². The molecular weight excluding hydrogens is 336 g/mol. The van der Waals surface area contributed by atoms with Crippen LogP contribution >= 0.6 is 0 Å². The lowest BCUT2D eigenvalue weighted by atomic mass is 10.1. The molecule has 0 bridgehead atoms. The zero-order valence-corrected chi connectivity index (χ0v) is 16.0. The Bertz CT molecular complexity index is 868. The predicted octanol–water partition coefficient (Wildman–Crippen LogP) is 4.97. The highest BCUT2D eigenvalue weighted by molar-refractivity contribution is 5.50. The third kappa shape index (κ3) is 3.71. The van der Waals surface area contributed by atoms with Gasteiger partial charge in [-0.25, -0.2) is 0 Å². The zero-order chi connectivity index (χ0) is 18.6. The van der Waals surface area contributed by atoms with Gasteiger partial charge in [-0.2, -0.15) is 0 Å². The van der Waals surface area contributed by atoms with E-state index in [9.17, 15) is 0 Å². The minimum absolute atomic E-state index is 0.0403. The second-order valence-electron chi connectivity index (χ2n) is 6.72. The number of hydrogen-bond donors (Lipinski definition) is 0. The van der Waals surface area contributed by atoms with Gasteiger partial charge in [0.25, 0.3) is 0 Å². The number of ether oxygens (including phenoxy) is 2. The first kappa shape index (κ1) is 17.7. The lowest BCUT2D eigenvalue weighted by Crippen LogP contribution is -2.22. The number of rotatable bonds is 6. The molecule has 0 N–H and O–H groups in total. The van der Waals surface area contributed by atoms with Crippen molar-refractivity contribution in [2.24, 2.45) is 0 Å². The third-order valence-electron chi connectivity index (χ3n) is 5.01. The average Bonchev–Trinajstić information content (AvgIpc) is 3.38. The molecule has 4 nitrogen and oxygen atoms in total. The molecule has 1 saturated heterocycles. The summed E-state index contributed by atoms with van der Waals surface area (Å²) in [5, 5.41) is 0. The van der Waals surface area contributed by atoms with Crippen molar-refractivity contribution in [2.45, 2.75) is 26.5 Å². The summed E-state index contributed by atoms with van der Waals surface area (Å²) in [4.78, 5) is 2.33. The number of hydrogen-bond acceptors (Lipinski definition) is 3. The number of benzene rings is 2. The molecule has 1 fully saturated rings. The SMILES string of the molecule is CCOc1ccc(-n2ccc(C3OCCN3c3ccc(CC)cc3)c2)cc1. The molecule has 0 amide bonds. The molecule has 0 saturated carbocycles. The molecule has 4 rings (SSSR count). The normalized spacial score (nSPS) is 16.7. The Balaban J connectivity index is 1.54. The van der Waals surface area contributed by atoms with Gasteiger partial charge in [0.15, 0.2) is 6.23 Å². The third-order valence-corrected chi connectivity index (χ3v) is 5.01. The van der Waals surface area contributed by atoms with Gasteiger partial charge in [0.05, 0.1) is 13.2 Å². The highest BCUT2D eigenvalue weighted by atomic mass is 16.5. The van der Waals surface area contributed by atoms with Gasteiger partial charge in [-0.15, -0.1) is 0 Å². The van der Waals surface area contributed by atoms with Crippen LogP contribution in [0.4, 0.5) is 5.69 Å². The molecular formula is C23H26N2O2. The monoisotopic (exact) mass is 362 g/mol. The Morgan fingerprint density at radius 2 is 1.70 bits per heavy atom. The fourth-order valence-corrected chi connectivity index (χ4v) is 3.53. The molecule has 1 unspecified atom stereocenters. The van der Waals surface area contributed by atoms with Gasteiger partial charge in [0, 0.05) is 35.9 Å². The van der Waals surface area contributed by atoms with E-state index in [-0.39, 0.29) is 6.23 Å². The molecule has 0 radical (unpaired) electrons. The van der Waals surface area contributed by atoms with Crippen molar-refractivity contribution in [1.29, 1.82) is 0 Å². The van der Waals surface area contributed by atoms with Crippen LogP contribution in [0.15, 0.2) is 67.0 Å². The molecule has 140 valence electrons. The minimum Gasteiger partial charge on any atom is -0.494 e. The van der Waals surface area contributed by atoms with Gasteiger partial charge >= 0.3 is 0 Å². The van der Waals surface area contributed by atoms with E-state index in [4.69, 9.17) is 9.47 Å². The minimum atomic E-state index is -0.0403. The molecule has 27 heavy (non-hydrogen) atoms. The van der Waals surface area contributed by atoms with Crippen LogP contribution < -0.4 is 9.64 Å². The number of anilines is 1. The van der Waals surface area contributed by atoms with Crippen molar-refractivity contribution in [3.8, 4) is 11.4 Å². The van der Waals surface area contributed by atoms with Crippen LogP contribution in [-0.2, 0) is 11.2 Å². The molecule has 3 aromatic rings. The maximum absolute atomic E-state index is 6.06. The second-order valence-corrected chi connectivity index (χ2v) is 6.72. The number of aryl methyl sites for hydroxylation is 1. The fraction of sp³-hybridized carbons (Fsp3) is 0.304. The van der Waals surface area contributed by atoms with Crippen LogP contribution in [0.3, 0.4) is 0 Å². The van der Waals surface area contributed by atoms with E-state index in [1.54, 1.807) is 0 Å². The van der Waals surface area contributed by atoms with E-state index in [0.717, 1.165) is 31.0 Å². The quantitative estimate of drug-likeness (QED) is 0.619. The van der Waals surface area contributed by atoms with Gasteiger partial charge in [-0.1, -0.05) is 19.1 Å². The first-order chi connectivity index (χ1) is 13.3. The van der Waals surface area contributed by atoms with Crippen LogP contribution in [0.5, 0.6) is 5.75 Å². The van der Waals surface area contributed by atoms with Crippen molar-refractivity contribution >= 4 is 5.69 Å². The molecule has 2 heterocycles. The number of nitrogens with zero attached hydrogens (tertiary/aromatic N) is 2. The molecule has 1 aliphatic heterocycles. The zero-order valence-electron chi connectivity index (χ0n) is 16.0. The van der Waals surface area contributed by atoms with Crippen molar-refractivity contribution in [1.82, 2.24) is 4.57 Å². The van der Waals surface area contributed by atoms with Crippen molar-refractivity contribution in [3.63, 3.8) is 0 Å². The smallest absolute Gasteiger partial charge is 0.158 e. The lowest BCUT2D eigenvalue weighted by molar-refractivity contribution is 0.114. The van der Waals surface area contributed by atoms with E-state index in [2.05, 4.69) is 71.2 Å². The first-order valence-corrected chi connectivity index (χ1v) is 9.67. The summed E-state index contributed by atoms with van der Waals surface area (Å²) in [7, 11) is 0. The lowest BCUT2D eigenvalue weighted by Gasteiger charge is -2.24. The molecule has 1 aliphatic rings. The standard InChI is InChI=1S/C23H26N2O2/c1-3-18-5-7-21(8-6-18)25-15-16-27-23(25)19-13-14-24(17-19)20-9-11-22(12-10-20)26-4-2/h5-14,17,23H,3-4,15-16H2,1-2H3. The van der Waals surface area contributed by atoms with E-state index in [0.29, 0.717) is 6.61 Å². The Morgan fingerprint density at radius 3 is 2.41 bits per heavy atom.